The molecule has 126 valence electrons. The van der Waals surface area contributed by atoms with Crippen molar-refractivity contribution < 1.29 is 14.5 Å². The number of rotatable bonds is 5. The standard InChI is InChI=1S/C17H13N3O4S/c1-11(21)24-15-7-5-12(6-8-15)16-10-25-17(19-16)18-13-3-2-4-14(9-13)20(22)23/h2-10H,1H3,(H,18,19). The third kappa shape index (κ3) is 4.18. The van der Waals surface area contributed by atoms with Crippen molar-refractivity contribution in [2.24, 2.45) is 0 Å². The van der Waals surface area contributed by atoms with Crippen LogP contribution < -0.4 is 10.1 Å². The number of hydrogen-bond acceptors (Lipinski definition) is 7. The fraction of sp³-hybridized carbons (Fsp3) is 0.0588. The number of carbonyl (C=O) groups excluding carboxylic acids is 1. The predicted molar refractivity (Wildman–Crippen MR) is 95.2 cm³/mol. The number of nitro benzene ring substituents is 1. The Kier molecular flexibility index (Phi) is 4.71. The first kappa shape index (κ1) is 16.6. The number of hydrogen-bond donors (Lipinski definition) is 1. The van der Waals surface area contributed by atoms with Gasteiger partial charge in [-0.3, -0.25) is 14.9 Å². The topological polar surface area (TPSA) is 94.4 Å². The molecule has 0 saturated carbocycles. The molecule has 0 aliphatic carbocycles. The summed E-state index contributed by atoms with van der Waals surface area (Å²) in [4.78, 5) is 25.8. The van der Waals surface area contributed by atoms with E-state index < -0.39 is 4.92 Å². The molecule has 3 rings (SSSR count). The molecular formula is C17H13N3O4S. The van der Waals surface area contributed by atoms with Crippen LogP contribution in [0.3, 0.4) is 0 Å². The molecule has 0 amide bonds. The van der Waals surface area contributed by atoms with E-state index in [-0.39, 0.29) is 11.7 Å². The summed E-state index contributed by atoms with van der Waals surface area (Å²) in [6.45, 7) is 1.35. The number of benzene rings is 2. The maximum Gasteiger partial charge on any atom is 0.308 e. The second-order valence-electron chi connectivity index (χ2n) is 5.09. The molecule has 1 N–H and O–H groups in total. The maximum absolute atomic E-state index is 10.9. The van der Waals surface area contributed by atoms with Crippen LogP contribution in [0.2, 0.25) is 0 Å². The van der Waals surface area contributed by atoms with Crippen LogP contribution in [-0.2, 0) is 4.79 Å². The number of nitro groups is 1. The number of carbonyl (C=O) groups is 1. The van der Waals surface area contributed by atoms with Gasteiger partial charge in [0, 0.05) is 35.7 Å². The minimum absolute atomic E-state index is 0.0165. The number of aromatic nitrogens is 1. The van der Waals surface area contributed by atoms with E-state index in [2.05, 4.69) is 10.3 Å². The molecule has 0 fully saturated rings. The van der Waals surface area contributed by atoms with Crippen molar-refractivity contribution in [3.05, 3.63) is 64.0 Å². The second kappa shape index (κ2) is 7.10. The van der Waals surface area contributed by atoms with Crippen LogP contribution in [0, 0.1) is 10.1 Å². The predicted octanol–water partition coefficient (Wildman–Crippen LogP) is 4.39. The minimum atomic E-state index is -0.441. The zero-order valence-electron chi connectivity index (χ0n) is 13.1. The Morgan fingerprint density at radius 3 is 2.68 bits per heavy atom. The Labute approximate surface area is 147 Å². The first-order chi connectivity index (χ1) is 12.0. The van der Waals surface area contributed by atoms with Gasteiger partial charge in [0.05, 0.1) is 10.6 Å². The molecule has 0 spiro atoms. The fourth-order valence-electron chi connectivity index (χ4n) is 2.14. The highest BCUT2D eigenvalue weighted by atomic mass is 32.1. The second-order valence-corrected chi connectivity index (χ2v) is 5.95. The molecule has 0 aliphatic rings. The van der Waals surface area contributed by atoms with E-state index in [0.717, 1.165) is 11.3 Å². The Hall–Kier alpha value is -3.26. The zero-order valence-corrected chi connectivity index (χ0v) is 13.9. The van der Waals surface area contributed by atoms with E-state index >= 15 is 0 Å². The van der Waals surface area contributed by atoms with Crippen LogP contribution in [0.1, 0.15) is 6.92 Å². The van der Waals surface area contributed by atoms with Crippen molar-refractivity contribution in [2.45, 2.75) is 6.92 Å². The van der Waals surface area contributed by atoms with Crippen molar-refractivity contribution in [3.63, 3.8) is 0 Å². The van der Waals surface area contributed by atoms with E-state index in [1.165, 1.54) is 30.4 Å². The number of nitrogens with one attached hydrogen (secondary N) is 1. The number of non-ortho nitro benzene ring substituents is 1. The Bertz CT molecular complexity index is 922. The Morgan fingerprint density at radius 1 is 1.24 bits per heavy atom. The van der Waals surface area contributed by atoms with Crippen molar-refractivity contribution in [3.8, 4) is 17.0 Å². The molecule has 0 saturated heterocycles. The average Bonchev–Trinajstić information content (AvgIpc) is 3.03. The summed E-state index contributed by atoms with van der Waals surface area (Å²) in [6.07, 6.45) is 0. The van der Waals surface area contributed by atoms with Gasteiger partial charge in [0.25, 0.3) is 5.69 Å². The normalized spacial score (nSPS) is 10.3. The summed E-state index contributed by atoms with van der Waals surface area (Å²) in [7, 11) is 0. The third-order valence-corrected chi connectivity index (χ3v) is 3.98. The Balaban J connectivity index is 1.75. The van der Waals surface area contributed by atoms with Gasteiger partial charge in [0.15, 0.2) is 5.13 Å². The van der Waals surface area contributed by atoms with E-state index in [4.69, 9.17) is 4.74 Å². The SMILES string of the molecule is CC(=O)Oc1ccc(-c2csc(Nc3cccc([N+](=O)[O-])c3)n2)cc1. The summed E-state index contributed by atoms with van der Waals surface area (Å²) < 4.78 is 5.00. The molecule has 0 atom stereocenters. The summed E-state index contributed by atoms with van der Waals surface area (Å²) in [5, 5.41) is 16.4. The molecular weight excluding hydrogens is 342 g/mol. The first-order valence-corrected chi connectivity index (χ1v) is 8.15. The largest absolute Gasteiger partial charge is 0.427 e. The summed E-state index contributed by atoms with van der Waals surface area (Å²) in [5.74, 6) is 0.103. The third-order valence-electron chi connectivity index (χ3n) is 3.22. The van der Waals surface area contributed by atoms with Gasteiger partial charge in [-0.05, 0) is 30.3 Å². The van der Waals surface area contributed by atoms with E-state index in [1.54, 1.807) is 24.3 Å². The van der Waals surface area contributed by atoms with Crippen molar-refractivity contribution in [1.29, 1.82) is 0 Å². The lowest BCUT2D eigenvalue weighted by molar-refractivity contribution is -0.384. The van der Waals surface area contributed by atoms with Gasteiger partial charge in [-0.2, -0.15) is 0 Å². The molecule has 25 heavy (non-hydrogen) atoms. The number of anilines is 2. The highest BCUT2D eigenvalue weighted by Gasteiger charge is 2.09. The minimum Gasteiger partial charge on any atom is -0.427 e. The highest BCUT2D eigenvalue weighted by Crippen LogP contribution is 2.29. The van der Waals surface area contributed by atoms with E-state index in [0.29, 0.717) is 16.6 Å². The van der Waals surface area contributed by atoms with Crippen LogP contribution in [0.4, 0.5) is 16.5 Å². The summed E-state index contributed by atoms with van der Waals surface area (Å²) >= 11 is 1.39. The molecule has 1 aromatic heterocycles. The van der Waals surface area contributed by atoms with Gasteiger partial charge in [-0.1, -0.05) is 6.07 Å². The lowest BCUT2D eigenvalue weighted by atomic mass is 10.2. The van der Waals surface area contributed by atoms with Gasteiger partial charge in [0.1, 0.15) is 5.75 Å². The Morgan fingerprint density at radius 2 is 2.00 bits per heavy atom. The van der Waals surface area contributed by atoms with Crippen LogP contribution in [-0.4, -0.2) is 15.9 Å². The molecule has 0 aliphatic heterocycles. The molecule has 1 heterocycles. The number of esters is 1. The molecule has 0 bridgehead atoms. The highest BCUT2D eigenvalue weighted by molar-refractivity contribution is 7.14. The average molecular weight is 355 g/mol. The number of nitrogens with zero attached hydrogens (tertiary/aromatic N) is 2. The van der Waals surface area contributed by atoms with Gasteiger partial charge < -0.3 is 10.1 Å². The zero-order chi connectivity index (χ0) is 17.8. The van der Waals surface area contributed by atoms with Crippen molar-refractivity contribution in [1.82, 2.24) is 4.98 Å². The monoisotopic (exact) mass is 355 g/mol. The molecule has 8 heteroatoms. The maximum atomic E-state index is 10.9. The molecule has 0 radical (unpaired) electrons. The molecule has 7 nitrogen and oxygen atoms in total. The van der Waals surface area contributed by atoms with Crippen LogP contribution >= 0.6 is 11.3 Å². The summed E-state index contributed by atoms with van der Waals surface area (Å²) in [5.41, 5.74) is 2.25. The summed E-state index contributed by atoms with van der Waals surface area (Å²) in [6, 6.07) is 13.3. The van der Waals surface area contributed by atoms with Gasteiger partial charge in [0.2, 0.25) is 0 Å². The number of thiazole rings is 1. The molecule has 0 unspecified atom stereocenters. The fourth-order valence-corrected chi connectivity index (χ4v) is 2.88. The quantitative estimate of drug-likeness (QED) is 0.316. The van der Waals surface area contributed by atoms with Gasteiger partial charge in [-0.25, -0.2) is 4.98 Å². The first-order valence-electron chi connectivity index (χ1n) is 7.27. The molecule has 2 aromatic carbocycles. The lowest BCUT2D eigenvalue weighted by Crippen LogP contribution is -2.00. The van der Waals surface area contributed by atoms with E-state index in [9.17, 15) is 14.9 Å². The van der Waals surface area contributed by atoms with Gasteiger partial charge >= 0.3 is 5.97 Å². The molecule has 3 aromatic rings. The van der Waals surface area contributed by atoms with Crippen LogP contribution in [0.25, 0.3) is 11.3 Å². The van der Waals surface area contributed by atoms with Gasteiger partial charge in [-0.15, -0.1) is 11.3 Å². The van der Waals surface area contributed by atoms with E-state index in [1.807, 2.05) is 17.5 Å². The number of ether oxygens (including phenoxy) is 1. The van der Waals surface area contributed by atoms with Crippen molar-refractivity contribution >= 4 is 33.8 Å². The van der Waals surface area contributed by atoms with Crippen molar-refractivity contribution in [2.75, 3.05) is 5.32 Å². The van der Waals surface area contributed by atoms with Crippen LogP contribution in [0.5, 0.6) is 5.75 Å². The van der Waals surface area contributed by atoms with Crippen LogP contribution in [0.15, 0.2) is 53.9 Å². The smallest absolute Gasteiger partial charge is 0.308 e. The lowest BCUT2D eigenvalue weighted by Gasteiger charge is -2.03.